The van der Waals surface area contributed by atoms with Crippen molar-refractivity contribution in [2.45, 2.75) is 25.9 Å². The summed E-state index contributed by atoms with van der Waals surface area (Å²) in [5, 5.41) is 11.4. The van der Waals surface area contributed by atoms with Gasteiger partial charge < -0.3 is 20.1 Å². The van der Waals surface area contributed by atoms with Crippen molar-refractivity contribution in [3.63, 3.8) is 0 Å². The Morgan fingerprint density at radius 3 is 2.90 bits per heavy atom. The molecule has 0 spiro atoms. The Morgan fingerprint density at radius 2 is 2.25 bits per heavy atom. The Morgan fingerprint density at radius 1 is 1.50 bits per heavy atom. The highest BCUT2D eigenvalue weighted by Crippen LogP contribution is 2.04. The van der Waals surface area contributed by atoms with E-state index in [1.807, 2.05) is 0 Å². The van der Waals surface area contributed by atoms with Crippen molar-refractivity contribution in [1.82, 2.24) is 15.1 Å². The number of morpholine rings is 1. The number of hydrogen-bond donors (Lipinski definition) is 2. The number of urea groups is 1. The van der Waals surface area contributed by atoms with Gasteiger partial charge in [0.25, 0.3) is 0 Å². The molecule has 7 nitrogen and oxygen atoms in total. The Balaban J connectivity index is 2.19. The molecule has 0 aromatic rings. The zero-order valence-corrected chi connectivity index (χ0v) is 12.3. The van der Waals surface area contributed by atoms with E-state index in [2.05, 4.69) is 17.1 Å². The number of likely N-dealkylation sites (N-methyl/N-ethyl adjacent to an activating group) is 1. The van der Waals surface area contributed by atoms with Crippen LogP contribution in [-0.2, 0) is 9.53 Å². The summed E-state index contributed by atoms with van der Waals surface area (Å²) in [4.78, 5) is 26.0. The van der Waals surface area contributed by atoms with Crippen molar-refractivity contribution >= 4 is 12.0 Å². The van der Waals surface area contributed by atoms with Crippen LogP contribution in [0.1, 0.15) is 19.8 Å². The number of carboxylic acids is 1. The maximum Gasteiger partial charge on any atom is 0.317 e. The summed E-state index contributed by atoms with van der Waals surface area (Å²) in [6.45, 7) is 6.49. The molecule has 7 heteroatoms. The van der Waals surface area contributed by atoms with Gasteiger partial charge in [-0.2, -0.15) is 0 Å². The predicted octanol–water partition coefficient (Wildman–Crippen LogP) is 0.213. The van der Waals surface area contributed by atoms with Gasteiger partial charge in [0.2, 0.25) is 0 Å². The van der Waals surface area contributed by atoms with Gasteiger partial charge in [-0.1, -0.05) is 6.92 Å². The SMILES string of the molecule is CCN1CCOC(CNC(=O)N(C)CCCC(=O)O)C1. The van der Waals surface area contributed by atoms with Gasteiger partial charge in [-0.25, -0.2) is 4.79 Å². The highest BCUT2D eigenvalue weighted by molar-refractivity contribution is 5.74. The number of nitrogens with one attached hydrogen (secondary N) is 1. The lowest BCUT2D eigenvalue weighted by atomic mass is 10.2. The summed E-state index contributed by atoms with van der Waals surface area (Å²) in [6, 6.07) is -0.187. The fourth-order valence-electron chi connectivity index (χ4n) is 2.10. The van der Waals surface area contributed by atoms with Crippen molar-refractivity contribution in [1.29, 1.82) is 0 Å². The van der Waals surface area contributed by atoms with Gasteiger partial charge in [0.05, 0.1) is 12.7 Å². The van der Waals surface area contributed by atoms with E-state index in [1.54, 1.807) is 7.05 Å². The van der Waals surface area contributed by atoms with Crippen LogP contribution in [0.5, 0.6) is 0 Å². The monoisotopic (exact) mass is 287 g/mol. The molecule has 1 atom stereocenters. The van der Waals surface area contributed by atoms with Crippen LogP contribution in [0.3, 0.4) is 0 Å². The van der Waals surface area contributed by atoms with Crippen molar-refractivity contribution in [3.05, 3.63) is 0 Å². The predicted molar refractivity (Wildman–Crippen MR) is 74.8 cm³/mol. The maximum atomic E-state index is 11.8. The van der Waals surface area contributed by atoms with Crippen molar-refractivity contribution in [2.24, 2.45) is 0 Å². The molecule has 0 saturated carbocycles. The molecule has 2 N–H and O–H groups in total. The minimum atomic E-state index is -0.839. The summed E-state index contributed by atoms with van der Waals surface area (Å²) in [6.07, 6.45) is 0.567. The van der Waals surface area contributed by atoms with E-state index in [1.165, 1.54) is 4.90 Å². The number of aliphatic carboxylic acids is 1. The fourth-order valence-corrected chi connectivity index (χ4v) is 2.10. The van der Waals surface area contributed by atoms with Crippen LogP contribution in [0.2, 0.25) is 0 Å². The standard InChI is InChI=1S/C13H25N3O4/c1-3-16-7-8-20-11(10-16)9-14-13(19)15(2)6-4-5-12(17)18/h11H,3-10H2,1-2H3,(H,14,19)(H,17,18). The van der Waals surface area contributed by atoms with E-state index in [0.717, 1.165) is 19.6 Å². The lowest BCUT2D eigenvalue weighted by Gasteiger charge is -2.32. The van der Waals surface area contributed by atoms with E-state index in [9.17, 15) is 9.59 Å². The van der Waals surface area contributed by atoms with Gasteiger partial charge in [-0.3, -0.25) is 9.69 Å². The number of carboxylic acid groups (broad SMARTS) is 1. The van der Waals surface area contributed by atoms with Gasteiger partial charge in [-0.05, 0) is 13.0 Å². The van der Waals surface area contributed by atoms with Gasteiger partial charge in [0, 0.05) is 39.6 Å². The molecule has 116 valence electrons. The molecule has 20 heavy (non-hydrogen) atoms. The van der Waals surface area contributed by atoms with Crippen molar-refractivity contribution in [2.75, 3.05) is 46.4 Å². The first-order chi connectivity index (χ1) is 9.52. The maximum absolute atomic E-state index is 11.8. The Kier molecular flexibility index (Phi) is 7.32. The molecule has 0 bridgehead atoms. The molecule has 1 saturated heterocycles. The smallest absolute Gasteiger partial charge is 0.317 e. The summed E-state index contributed by atoms with van der Waals surface area (Å²) >= 11 is 0. The molecule has 0 radical (unpaired) electrons. The van der Waals surface area contributed by atoms with E-state index in [0.29, 0.717) is 26.1 Å². The van der Waals surface area contributed by atoms with Gasteiger partial charge in [0.15, 0.2) is 0 Å². The topological polar surface area (TPSA) is 82.1 Å². The molecule has 0 aliphatic carbocycles. The van der Waals surface area contributed by atoms with Crippen molar-refractivity contribution < 1.29 is 19.4 Å². The Hall–Kier alpha value is -1.34. The number of rotatable bonds is 7. The number of nitrogens with zero attached hydrogens (tertiary/aromatic N) is 2. The first kappa shape index (κ1) is 16.7. The number of carbonyl (C=O) groups excluding carboxylic acids is 1. The molecule has 1 aliphatic rings. The summed E-state index contributed by atoms with van der Waals surface area (Å²) in [5.41, 5.74) is 0. The molecule has 1 aliphatic heterocycles. The number of hydrogen-bond acceptors (Lipinski definition) is 4. The molecule has 0 aromatic heterocycles. The third-order valence-electron chi connectivity index (χ3n) is 3.38. The Bertz CT molecular complexity index is 325. The zero-order valence-electron chi connectivity index (χ0n) is 12.3. The van der Waals surface area contributed by atoms with Crippen LogP contribution in [0.15, 0.2) is 0 Å². The minimum Gasteiger partial charge on any atom is -0.481 e. The van der Waals surface area contributed by atoms with Crippen LogP contribution in [0, 0.1) is 0 Å². The normalized spacial score (nSPS) is 19.6. The molecule has 2 amide bonds. The largest absolute Gasteiger partial charge is 0.481 e. The lowest BCUT2D eigenvalue weighted by molar-refractivity contribution is -0.137. The molecular weight excluding hydrogens is 262 g/mol. The molecule has 1 heterocycles. The highest BCUT2D eigenvalue weighted by atomic mass is 16.5. The first-order valence-corrected chi connectivity index (χ1v) is 7.07. The molecule has 1 unspecified atom stereocenters. The summed E-state index contributed by atoms with van der Waals surface area (Å²) in [7, 11) is 1.66. The number of carbonyl (C=O) groups is 2. The second-order valence-electron chi connectivity index (χ2n) is 4.99. The second-order valence-corrected chi connectivity index (χ2v) is 4.99. The van der Waals surface area contributed by atoms with Gasteiger partial charge in [-0.15, -0.1) is 0 Å². The third kappa shape index (κ3) is 6.21. The lowest BCUT2D eigenvalue weighted by Crippen LogP contribution is -2.49. The van der Waals surface area contributed by atoms with Crippen molar-refractivity contribution in [3.8, 4) is 0 Å². The van der Waals surface area contributed by atoms with Crippen LogP contribution in [0.25, 0.3) is 0 Å². The summed E-state index contributed by atoms with van der Waals surface area (Å²) in [5.74, 6) is -0.839. The molecule has 1 fully saturated rings. The van der Waals surface area contributed by atoms with Crippen LogP contribution >= 0.6 is 0 Å². The molecular formula is C13H25N3O4. The fraction of sp³-hybridized carbons (Fsp3) is 0.846. The third-order valence-corrected chi connectivity index (χ3v) is 3.38. The van der Waals surface area contributed by atoms with E-state index < -0.39 is 5.97 Å². The highest BCUT2D eigenvalue weighted by Gasteiger charge is 2.20. The van der Waals surface area contributed by atoms with E-state index >= 15 is 0 Å². The van der Waals surface area contributed by atoms with E-state index in [4.69, 9.17) is 9.84 Å². The zero-order chi connectivity index (χ0) is 15.0. The number of amides is 2. The van der Waals surface area contributed by atoms with Crippen LogP contribution < -0.4 is 5.32 Å². The van der Waals surface area contributed by atoms with Gasteiger partial charge >= 0.3 is 12.0 Å². The second kappa shape index (κ2) is 8.76. The number of ether oxygens (including phenoxy) is 1. The average Bonchev–Trinajstić information content (AvgIpc) is 2.44. The molecule has 1 rings (SSSR count). The quantitative estimate of drug-likeness (QED) is 0.699. The first-order valence-electron chi connectivity index (χ1n) is 7.07. The summed E-state index contributed by atoms with van der Waals surface area (Å²) < 4.78 is 5.60. The molecule has 0 aromatic carbocycles. The van der Waals surface area contributed by atoms with Crippen LogP contribution in [-0.4, -0.2) is 79.4 Å². The van der Waals surface area contributed by atoms with Gasteiger partial charge in [0.1, 0.15) is 0 Å². The van der Waals surface area contributed by atoms with Crippen LogP contribution in [0.4, 0.5) is 4.79 Å². The van der Waals surface area contributed by atoms with E-state index in [-0.39, 0.29) is 18.6 Å². The minimum absolute atomic E-state index is 0.0278. The average molecular weight is 287 g/mol. The Labute approximate surface area is 119 Å².